The second-order valence-electron chi connectivity index (χ2n) is 10.5. The summed E-state index contributed by atoms with van der Waals surface area (Å²) in [6, 6.07) is 45.3. The Morgan fingerprint density at radius 2 is 1.00 bits per heavy atom. The van der Waals surface area contributed by atoms with Crippen molar-refractivity contribution in [3.05, 3.63) is 150 Å². The maximum atomic E-state index is 4.33. The lowest BCUT2D eigenvalue weighted by Crippen LogP contribution is -1.85. The summed E-state index contributed by atoms with van der Waals surface area (Å²) >= 11 is 0. The van der Waals surface area contributed by atoms with E-state index >= 15 is 0 Å². The van der Waals surface area contributed by atoms with Crippen molar-refractivity contribution < 1.29 is 0 Å². The van der Waals surface area contributed by atoms with Crippen molar-refractivity contribution in [1.29, 1.82) is 0 Å². The summed E-state index contributed by atoms with van der Waals surface area (Å²) in [5.74, 6) is 0. The van der Waals surface area contributed by atoms with Crippen LogP contribution in [0, 0.1) is 13.8 Å². The molecule has 42 heavy (non-hydrogen) atoms. The van der Waals surface area contributed by atoms with Gasteiger partial charge >= 0.3 is 0 Å². The van der Waals surface area contributed by atoms with Gasteiger partial charge in [-0.2, -0.15) is 0 Å². The number of aryl methyl sites for hydroxylation is 3. The first-order valence-electron chi connectivity index (χ1n) is 15.0. The van der Waals surface area contributed by atoms with Crippen molar-refractivity contribution in [2.24, 2.45) is 0 Å². The van der Waals surface area contributed by atoms with Gasteiger partial charge in [0, 0.05) is 17.3 Å². The Balaban J connectivity index is 0.000000126. The molecule has 8 rings (SSSR count). The maximum Gasteiger partial charge on any atom is 0.0407 e. The highest BCUT2D eigenvalue weighted by Crippen LogP contribution is 2.35. The molecule has 0 aliphatic carbocycles. The van der Waals surface area contributed by atoms with Crippen LogP contribution in [0.2, 0.25) is 0 Å². The van der Waals surface area contributed by atoms with Gasteiger partial charge in [0.25, 0.3) is 0 Å². The first kappa shape index (κ1) is 28.8. The Bertz CT molecular complexity index is 2050. The smallest absolute Gasteiger partial charge is 0.0407 e. The summed E-state index contributed by atoms with van der Waals surface area (Å²) in [5.41, 5.74) is 3.84. The third-order valence-corrected chi connectivity index (χ3v) is 7.70. The molecule has 0 saturated heterocycles. The zero-order valence-electron chi connectivity index (χ0n) is 25.4. The Kier molecular flexibility index (Phi) is 9.09. The van der Waals surface area contributed by atoms with E-state index in [2.05, 4.69) is 147 Å². The topological polar surface area (TPSA) is 12.9 Å². The van der Waals surface area contributed by atoms with E-state index in [4.69, 9.17) is 0 Å². The largest absolute Gasteiger partial charge is 0.261 e. The molecular formula is C41H39N. The van der Waals surface area contributed by atoms with E-state index in [1.54, 1.807) is 0 Å². The Morgan fingerprint density at radius 1 is 0.476 bits per heavy atom. The quantitative estimate of drug-likeness (QED) is 0.187. The molecule has 208 valence electrons. The van der Waals surface area contributed by atoms with Crippen LogP contribution in [0.3, 0.4) is 0 Å². The van der Waals surface area contributed by atoms with Crippen LogP contribution in [0.4, 0.5) is 0 Å². The molecule has 1 heteroatoms. The molecule has 0 N–H and O–H groups in total. The third kappa shape index (κ3) is 6.11. The number of hydrogen-bond donors (Lipinski definition) is 0. The number of rotatable bonds is 1. The molecule has 0 radical (unpaired) electrons. The number of benzene rings is 7. The highest BCUT2D eigenvalue weighted by atomic mass is 14.7. The lowest BCUT2D eigenvalue weighted by atomic mass is 9.92. The fourth-order valence-corrected chi connectivity index (χ4v) is 5.51. The normalized spacial score (nSPS) is 10.6. The highest BCUT2D eigenvalue weighted by molar-refractivity contribution is 6.23. The number of pyridine rings is 1. The molecule has 0 aliphatic heterocycles. The SMILES string of the molecule is CC.CCc1cc2ccccc2cn1.Cc1ccc2ccc3cccc4ccc1c2c34.Cc1ccc2ccccc2c1. The molecule has 1 aromatic heterocycles. The first-order valence-corrected chi connectivity index (χ1v) is 15.0. The van der Waals surface area contributed by atoms with Gasteiger partial charge in [0.2, 0.25) is 0 Å². The van der Waals surface area contributed by atoms with Gasteiger partial charge in [0.15, 0.2) is 0 Å². The zero-order valence-corrected chi connectivity index (χ0v) is 25.4. The summed E-state index contributed by atoms with van der Waals surface area (Å²) < 4.78 is 0. The monoisotopic (exact) mass is 545 g/mol. The van der Waals surface area contributed by atoms with E-state index in [1.807, 2.05) is 26.1 Å². The molecule has 8 aromatic rings. The van der Waals surface area contributed by atoms with Crippen LogP contribution in [-0.2, 0) is 6.42 Å². The van der Waals surface area contributed by atoms with Gasteiger partial charge in [0.05, 0.1) is 0 Å². The number of aromatic nitrogens is 1. The molecule has 1 nitrogen and oxygen atoms in total. The van der Waals surface area contributed by atoms with Crippen molar-refractivity contribution >= 4 is 53.9 Å². The Morgan fingerprint density at radius 3 is 1.69 bits per heavy atom. The lowest BCUT2D eigenvalue weighted by molar-refractivity contribution is 1.05. The summed E-state index contributed by atoms with van der Waals surface area (Å²) in [7, 11) is 0. The average molecular weight is 546 g/mol. The summed E-state index contributed by atoms with van der Waals surface area (Å²) in [5, 5.41) is 13.4. The van der Waals surface area contributed by atoms with Crippen molar-refractivity contribution in [3.8, 4) is 0 Å². The second kappa shape index (κ2) is 13.3. The molecule has 0 spiro atoms. The summed E-state index contributed by atoms with van der Waals surface area (Å²) in [6.07, 6.45) is 2.94. The fraction of sp³-hybridized carbons (Fsp3) is 0.146. The van der Waals surface area contributed by atoms with Crippen LogP contribution in [0.15, 0.2) is 134 Å². The van der Waals surface area contributed by atoms with E-state index < -0.39 is 0 Å². The van der Waals surface area contributed by atoms with Crippen molar-refractivity contribution in [1.82, 2.24) is 4.98 Å². The molecular weight excluding hydrogens is 506 g/mol. The van der Waals surface area contributed by atoms with Crippen LogP contribution >= 0.6 is 0 Å². The molecule has 0 fully saturated rings. The van der Waals surface area contributed by atoms with Gasteiger partial charge in [-0.25, -0.2) is 0 Å². The fourth-order valence-electron chi connectivity index (χ4n) is 5.51. The van der Waals surface area contributed by atoms with Gasteiger partial charge in [-0.05, 0) is 80.4 Å². The van der Waals surface area contributed by atoms with Crippen LogP contribution < -0.4 is 0 Å². The number of fused-ring (bicyclic) bond motifs is 2. The lowest BCUT2D eigenvalue weighted by Gasteiger charge is -2.11. The number of hydrogen-bond acceptors (Lipinski definition) is 1. The van der Waals surface area contributed by atoms with E-state index in [0.29, 0.717) is 0 Å². The molecule has 1 heterocycles. The van der Waals surface area contributed by atoms with E-state index in [9.17, 15) is 0 Å². The average Bonchev–Trinajstić information content (AvgIpc) is 3.06. The Labute approximate surface area is 249 Å². The van der Waals surface area contributed by atoms with Gasteiger partial charge in [0.1, 0.15) is 0 Å². The van der Waals surface area contributed by atoms with Crippen molar-refractivity contribution in [3.63, 3.8) is 0 Å². The van der Waals surface area contributed by atoms with E-state index in [0.717, 1.165) is 12.1 Å². The van der Waals surface area contributed by atoms with Crippen molar-refractivity contribution in [2.75, 3.05) is 0 Å². The van der Waals surface area contributed by atoms with Gasteiger partial charge < -0.3 is 0 Å². The van der Waals surface area contributed by atoms with Gasteiger partial charge in [-0.3, -0.25) is 4.98 Å². The standard InChI is InChI=1S/C17H12.C11H11N.C11H10.C2H6/c1-11-5-6-14-8-7-12-3-2-4-13-9-10-15(11)17(14)16(12)13;1-2-11-7-9-5-3-4-6-10(9)8-12-11;1-9-6-7-10-4-2-3-5-11(10)8-9;1-2/h2-10H,1H3;3-8H,2H2,1H3;2-8H,1H3;1-2H3. The van der Waals surface area contributed by atoms with E-state index in [1.165, 1.54) is 65.0 Å². The summed E-state index contributed by atoms with van der Waals surface area (Å²) in [4.78, 5) is 4.33. The minimum Gasteiger partial charge on any atom is -0.261 e. The number of nitrogens with zero attached hydrogens (tertiary/aromatic N) is 1. The van der Waals surface area contributed by atoms with E-state index in [-0.39, 0.29) is 0 Å². The molecule has 0 saturated carbocycles. The minimum atomic E-state index is 1.00. The first-order chi connectivity index (χ1) is 20.6. The van der Waals surface area contributed by atoms with Crippen LogP contribution in [0.1, 0.15) is 37.6 Å². The molecule has 7 aromatic carbocycles. The van der Waals surface area contributed by atoms with Crippen LogP contribution in [-0.4, -0.2) is 4.98 Å². The van der Waals surface area contributed by atoms with Crippen LogP contribution in [0.5, 0.6) is 0 Å². The van der Waals surface area contributed by atoms with Crippen LogP contribution in [0.25, 0.3) is 53.9 Å². The molecule has 0 unspecified atom stereocenters. The third-order valence-electron chi connectivity index (χ3n) is 7.70. The Hall–Kier alpha value is -4.75. The predicted molar refractivity (Wildman–Crippen MR) is 186 cm³/mol. The molecule has 0 amide bonds. The molecule has 0 aliphatic rings. The predicted octanol–water partition coefficient (Wildman–Crippen LogP) is 11.9. The zero-order chi connectivity index (χ0) is 29.5. The maximum absolute atomic E-state index is 4.33. The van der Waals surface area contributed by atoms with Gasteiger partial charge in [-0.1, -0.05) is 148 Å². The van der Waals surface area contributed by atoms with Crippen molar-refractivity contribution in [2.45, 2.75) is 41.0 Å². The second-order valence-corrected chi connectivity index (χ2v) is 10.5. The minimum absolute atomic E-state index is 1.00. The highest BCUT2D eigenvalue weighted by Gasteiger charge is 2.08. The van der Waals surface area contributed by atoms with Gasteiger partial charge in [-0.15, -0.1) is 0 Å². The molecule has 0 atom stereocenters. The summed E-state index contributed by atoms with van der Waals surface area (Å²) in [6.45, 7) is 10.4. The molecule has 0 bridgehead atoms.